The summed E-state index contributed by atoms with van der Waals surface area (Å²) in [5.74, 6) is -0.148. The summed E-state index contributed by atoms with van der Waals surface area (Å²) in [5, 5.41) is 4.61. The first-order chi connectivity index (χ1) is 12.5. The number of hydrogen-bond donors (Lipinski definition) is 0. The molecule has 0 aromatic carbocycles. The molecule has 1 fully saturated rings. The van der Waals surface area contributed by atoms with Crippen LogP contribution in [0.5, 0.6) is 0 Å². The van der Waals surface area contributed by atoms with E-state index in [0.717, 1.165) is 11.3 Å². The molecule has 0 aliphatic carbocycles. The lowest BCUT2D eigenvalue weighted by atomic mass is 9.99. The molecule has 2 amide bonds. The van der Waals surface area contributed by atoms with Gasteiger partial charge in [0.1, 0.15) is 12.2 Å². The van der Waals surface area contributed by atoms with Crippen molar-refractivity contribution < 1.29 is 19.1 Å². The van der Waals surface area contributed by atoms with Gasteiger partial charge in [-0.25, -0.2) is 0 Å². The van der Waals surface area contributed by atoms with Gasteiger partial charge in [0.25, 0.3) is 5.91 Å². The number of rotatable bonds is 5. The number of carbonyl (C=O) groups is 2. The number of methoxy groups -OCH3 is 1. The van der Waals surface area contributed by atoms with Crippen LogP contribution in [0.2, 0.25) is 0 Å². The molecule has 1 saturated heterocycles. The second-order valence-electron chi connectivity index (χ2n) is 6.92. The first kappa shape index (κ1) is 18.8. The number of amides is 2. The van der Waals surface area contributed by atoms with Crippen LogP contribution in [0, 0.1) is 0 Å². The highest BCUT2D eigenvalue weighted by atomic mass is 16.5. The van der Waals surface area contributed by atoms with Crippen LogP contribution < -0.4 is 0 Å². The fourth-order valence-corrected chi connectivity index (χ4v) is 3.73. The Morgan fingerprint density at radius 3 is 2.77 bits per heavy atom. The maximum absolute atomic E-state index is 13.2. The summed E-state index contributed by atoms with van der Waals surface area (Å²) in [7, 11) is 1.62. The smallest absolute Gasteiger partial charge is 0.272 e. The number of ether oxygens (including phenoxy) is 2. The van der Waals surface area contributed by atoms with Gasteiger partial charge in [-0.05, 0) is 20.8 Å². The van der Waals surface area contributed by atoms with Gasteiger partial charge in [0.15, 0.2) is 0 Å². The Labute approximate surface area is 154 Å². The van der Waals surface area contributed by atoms with Gasteiger partial charge in [0.2, 0.25) is 5.91 Å². The monoisotopic (exact) mass is 364 g/mol. The normalized spacial score (nSPS) is 23.3. The summed E-state index contributed by atoms with van der Waals surface area (Å²) in [6, 6.07) is 0. The van der Waals surface area contributed by atoms with Crippen LogP contribution in [0.15, 0.2) is 0 Å². The lowest BCUT2D eigenvalue weighted by Crippen LogP contribution is -2.53. The molecule has 8 nitrogen and oxygen atoms in total. The van der Waals surface area contributed by atoms with Crippen molar-refractivity contribution in [2.45, 2.75) is 45.9 Å². The number of nitrogens with zero attached hydrogens (tertiary/aromatic N) is 4. The standard InChI is InChI=1S/C18H28N4O4/c1-5-22-17(14-10-12(2)26-13(3)16(14)19-22)18(24)21-7-6-20(8-9-25-4)15(23)11-21/h12-13H,5-11H2,1-4H3/t12-,13+/m0/s1. The molecule has 26 heavy (non-hydrogen) atoms. The minimum Gasteiger partial charge on any atom is -0.383 e. The fraction of sp³-hybridized carbons (Fsp3) is 0.722. The molecular formula is C18H28N4O4. The average molecular weight is 364 g/mol. The van der Waals surface area contributed by atoms with Gasteiger partial charge in [-0.2, -0.15) is 5.10 Å². The molecule has 144 valence electrons. The zero-order chi connectivity index (χ0) is 18.8. The molecule has 1 aromatic rings. The molecule has 8 heteroatoms. The Kier molecular flexibility index (Phi) is 5.62. The molecule has 2 aliphatic rings. The van der Waals surface area contributed by atoms with E-state index < -0.39 is 0 Å². The van der Waals surface area contributed by atoms with Crippen molar-refractivity contribution in [3.8, 4) is 0 Å². The second-order valence-corrected chi connectivity index (χ2v) is 6.92. The van der Waals surface area contributed by atoms with Crippen molar-refractivity contribution in [2.75, 3.05) is 39.9 Å². The predicted octanol–water partition coefficient (Wildman–Crippen LogP) is 0.856. The van der Waals surface area contributed by atoms with Crippen LogP contribution in [0.1, 0.15) is 48.6 Å². The second kappa shape index (κ2) is 7.75. The largest absolute Gasteiger partial charge is 0.383 e. The topological polar surface area (TPSA) is 76.9 Å². The lowest BCUT2D eigenvalue weighted by Gasteiger charge is -2.34. The third-order valence-corrected chi connectivity index (χ3v) is 5.07. The molecule has 3 rings (SSSR count). The molecule has 0 radical (unpaired) electrons. The molecular weight excluding hydrogens is 336 g/mol. The maximum Gasteiger partial charge on any atom is 0.272 e. The third-order valence-electron chi connectivity index (χ3n) is 5.07. The predicted molar refractivity (Wildman–Crippen MR) is 94.9 cm³/mol. The summed E-state index contributed by atoms with van der Waals surface area (Å²) >= 11 is 0. The summed E-state index contributed by atoms with van der Waals surface area (Å²) in [4.78, 5) is 29.0. The molecule has 0 unspecified atom stereocenters. The third kappa shape index (κ3) is 3.48. The number of aryl methyl sites for hydroxylation is 1. The van der Waals surface area contributed by atoms with E-state index in [1.807, 2.05) is 20.8 Å². The van der Waals surface area contributed by atoms with Crippen LogP contribution in [0.25, 0.3) is 0 Å². The van der Waals surface area contributed by atoms with Crippen molar-refractivity contribution in [3.05, 3.63) is 17.0 Å². The van der Waals surface area contributed by atoms with Crippen LogP contribution >= 0.6 is 0 Å². The number of carbonyl (C=O) groups excluding carboxylic acids is 2. The lowest BCUT2D eigenvalue weighted by molar-refractivity contribution is -0.135. The summed E-state index contributed by atoms with van der Waals surface area (Å²) in [5.41, 5.74) is 2.43. The van der Waals surface area contributed by atoms with Crippen LogP contribution in [0.4, 0.5) is 0 Å². The van der Waals surface area contributed by atoms with E-state index in [-0.39, 0.29) is 30.6 Å². The van der Waals surface area contributed by atoms with E-state index in [0.29, 0.717) is 44.9 Å². The molecule has 1 aromatic heterocycles. The summed E-state index contributed by atoms with van der Waals surface area (Å²) in [6.45, 7) is 8.79. The van der Waals surface area contributed by atoms with E-state index in [1.165, 1.54) is 0 Å². The number of hydrogen-bond acceptors (Lipinski definition) is 5. The van der Waals surface area contributed by atoms with Crippen molar-refractivity contribution in [3.63, 3.8) is 0 Å². The first-order valence-corrected chi connectivity index (χ1v) is 9.27. The van der Waals surface area contributed by atoms with E-state index in [9.17, 15) is 9.59 Å². The van der Waals surface area contributed by atoms with E-state index >= 15 is 0 Å². The van der Waals surface area contributed by atoms with Crippen molar-refractivity contribution >= 4 is 11.8 Å². The SMILES string of the molecule is CCn1nc2c(c1C(=O)N1CCN(CCOC)C(=O)C1)C[C@H](C)O[C@@H]2C. The minimum atomic E-state index is -0.124. The average Bonchev–Trinajstić information content (AvgIpc) is 2.98. The van der Waals surface area contributed by atoms with Crippen molar-refractivity contribution in [1.82, 2.24) is 19.6 Å². The van der Waals surface area contributed by atoms with E-state index in [2.05, 4.69) is 5.10 Å². The van der Waals surface area contributed by atoms with Crippen molar-refractivity contribution in [2.24, 2.45) is 0 Å². The van der Waals surface area contributed by atoms with Gasteiger partial charge in [-0.1, -0.05) is 0 Å². The number of aromatic nitrogens is 2. The van der Waals surface area contributed by atoms with Crippen LogP contribution in [0.3, 0.4) is 0 Å². The molecule has 0 spiro atoms. The molecule has 2 atom stereocenters. The Hall–Kier alpha value is -1.93. The van der Waals surface area contributed by atoms with Gasteiger partial charge in [-0.3, -0.25) is 14.3 Å². The highest BCUT2D eigenvalue weighted by Gasteiger charge is 2.35. The molecule has 3 heterocycles. The quantitative estimate of drug-likeness (QED) is 0.774. The van der Waals surface area contributed by atoms with Gasteiger partial charge >= 0.3 is 0 Å². The van der Waals surface area contributed by atoms with E-state index in [4.69, 9.17) is 9.47 Å². The zero-order valence-corrected chi connectivity index (χ0v) is 16.0. The van der Waals surface area contributed by atoms with Crippen molar-refractivity contribution in [1.29, 1.82) is 0 Å². The Balaban J connectivity index is 1.82. The molecule has 0 N–H and O–H groups in total. The zero-order valence-electron chi connectivity index (χ0n) is 16.0. The van der Waals surface area contributed by atoms with Gasteiger partial charge in [0.05, 0.1) is 24.5 Å². The summed E-state index contributed by atoms with van der Waals surface area (Å²) in [6.07, 6.45) is 0.592. The first-order valence-electron chi connectivity index (χ1n) is 9.27. The highest BCUT2D eigenvalue weighted by molar-refractivity contribution is 5.97. The van der Waals surface area contributed by atoms with Gasteiger partial charge < -0.3 is 19.3 Å². The van der Waals surface area contributed by atoms with E-state index in [1.54, 1.807) is 21.6 Å². The fourth-order valence-electron chi connectivity index (χ4n) is 3.73. The highest BCUT2D eigenvalue weighted by Crippen LogP contribution is 2.32. The molecule has 2 aliphatic heterocycles. The van der Waals surface area contributed by atoms with Gasteiger partial charge in [-0.15, -0.1) is 0 Å². The Morgan fingerprint density at radius 2 is 2.12 bits per heavy atom. The summed E-state index contributed by atoms with van der Waals surface area (Å²) < 4.78 is 12.6. The molecule has 0 bridgehead atoms. The van der Waals surface area contributed by atoms with Gasteiger partial charge in [0, 0.05) is 45.3 Å². The molecule has 0 saturated carbocycles. The Morgan fingerprint density at radius 1 is 1.35 bits per heavy atom. The van der Waals surface area contributed by atoms with Crippen LogP contribution in [-0.2, 0) is 27.2 Å². The maximum atomic E-state index is 13.2. The Bertz CT molecular complexity index is 687. The number of fused-ring (bicyclic) bond motifs is 1. The van der Waals surface area contributed by atoms with Crippen LogP contribution in [-0.4, -0.2) is 77.4 Å². The number of piperazine rings is 1. The minimum absolute atomic E-state index is 0.0387.